The predicted molar refractivity (Wildman–Crippen MR) is 92.0 cm³/mol. The van der Waals surface area contributed by atoms with Crippen molar-refractivity contribution < 1.29 is 18.7 Å². The molecule has 1 aliphatic heterocycles. The summed E-state index contributed by atoms with van der Waals surface area (Å²) < 4.78 is 20.8. The number of carbonyl (C=O) groups excluding carboxylic acids is 2. The molecule has 1 atom stereocenters. The molecule has 6 nitrogen and oxygen atoms in total. The molecule has 2 heterocycles. The van der Waals surface area contributed by atoms with Crippen molar-refractivity contribution in [2.24, 2.45) is 7.05 Å². The molecule has 134 valence electrons. The van der Waals surface area contributed by atoms with Gasteiger partial charge < -0.3 is 19.1 Å². The van der Waals surface area contributed by atoms with Gasteiger partial charge in [0.15, 0.2) is 0 Å². The van der Waals surface area contributed by atoms with Crippen LogP contribution in [-0.2, 0) is 11.8 Å². The number of likely N-dealkylation sites (tertiary alicyclic amines) is 1. The number of carbonyl (C=O) groups is 2. The number of hydrogen-bond donors (Lipinski definition) is 0. The Bertz CT molecular complexity index is 815. The van der Waals surface area contributed by atoms with Gasteiger partial charge in [-0.3, -0.25) is 4.79 Å². The van der Waals surface area contributed by atoms with E-state index in [2.05, 4.69) is 0 Å². The van der Waals surface area contributed by atoms with E-state index >= 15 is 0 Å². The number of fused-ring (bicyclic) bond motifs is 1. The van der Waals surface area contributed by atoms with E-state index in [-0.39, 0.29) is 17.8 Å². The van der Waals surface area contributed by atoms with Gasteiger partial charge in [-0.1, -0.05) is 0 Å². The summed E-state index contributed by atoms with van der Waals surface area (Å²) in [7, 11) is 5.08. The lowest BCUT2D eigenvalue weighted by molar-refractivity contribution is 0.0253. The molecular weight excluding hydrogens is 325 g/mol. The summed E-state index contributed by atoms with van der Waals surface area (Å²) in [4.78, 5) is 27.7. The Morgan fingerprint density at radius 2 is 2.08 bits per heavy atom. The topological polar surface area (TPSA) is 54.8 Å². The molecule has 7 heteroatoms. The minimum atomic E-state index is -0.411. The molecule has 1 aromatic carbocycles. The van der Waals surface area contributed by atoms with Crippen LogP contribution in [0.4, 0.5) is 9.18 Å². The van der Waals surface area contributed by atoms with Crippen molar-refractivity contribution in [2.45, 2.75) is 18.9 Å². The molecule has 0 bridgehead atoms. The summed E-state index contributed by atoms with van der Waals surface area (Å²) in [6.45, 7) is 0.949. The van der Waals surface area contributed by atoms with Gasteiger partial charge in [-0.2, -0.15) is 0 Å². The molecule has 0 saturated carbocycles. The Morgan fingerprint density at radius 1 is 1.32 bits per heavy atom. The van der Waals surface area contributed by atoms with Crippen molar-refractivity contribution in [3.63, 3.8) is 0 Å². The number of halogens is 1. The molecule has 2 amide bonds. The summed E-state index contributed by atoms with van der Waals surface area (Å²) in [6, 6.07) is 4.43. The molecular formula is C18H22FN3O3. The molecule has 1 aromatic heterocycles. The van der Waals surface area contributed by atoms with Crippen LogP contribution in [0.3, 0.4) is 0 Å². The summed E-state index contributed by atoms with van der Waals surface area (Å²) >= 11 is 0. The SMILES string of the molecule is CN(C)C(=O)OC1CCCN(C(=O)c2cn(C)c3ccc(F)cc23)C1. The maximum atomic E-state index is 13.6. The average Bonchev–Trinajstić information content (AvgIpc) is 2.90. The number of hydrogen-bond acceptors (Lipinski definition) is 3. The highest BCUT2D eigenvalue weighted by Crippen LogP contribution is 2.25. The van der Waals surface area contributed by atoms with Gasteiger partial charge in [-0.05, 0) is 31.0 Å². The number of aromatic nitrogens is 1. The van der Waals surface area contributed by atoms with Crippen LogP contribution in [0.25, 0.3) is 10.9 Å². The number of aryl methyl sites for hydroxylation is 1. The minimum Gasteiger partial charge on any atom is -0.444 e. The van der Waals surface area contributed by atoms with Crippen molar-refractivity contribution in [1.82, 2.24) is 14.4 Å². The maximum absolute atomic E-state index is 13.6. The van der Waals surface area contributed by atoms with E-state index in [0.717, 1.165) is 18.4 Å². The van der Waals surface area contributed by atoms with E-state index in [9.17, 15) is 14.0 Å². The van der Waals surface area contributed by atoms with Crippen molar-refractivity contribution in [3.05, 3.63) is 35.8 Å². The van der Waals surface area contributed by atoms with Crippen LogP contribution in [-0.4, -0.2) is 59.7 Å². The molecule has 25 heavy (non-hydrogen) atoms. The van der Waals surface area contributed by atoms with E-state index in [1.165, 1.54) is 17.0 Å². The maximum Gasteiger partial charge on any atom is 0.409 e. The predicted octanol–water partition coefficient (Wildman–Crippen LogP) is 2.62. The van der Waals surface area contributed by atoms with E-state index in [1.54, 1.807) is 31.3 Å². The first-order valence-corrected chi connectivity index (χ1v) is 8.28. The van der Waals surface area contributed by atoms with Crippen molar-refractivity contribution in [3.8, 4) is 0 Å². The van der Waals surface area contributed by atoms with Crippen molar-refractivity contribution in [1.29, 1.82) is 0 Å². The summed E-state index contributed by atoms with van der Waals surface area (Å²) in [5.41, 5.74) is 1.27. The third kappa shape index (κ3) is 3.45. The van der Waals surface area contributed by atoms with Gasteiger partial charge in [0.05, 0.1) is 12.1 Å². The second-order valence-corrected chi connectivity index (χ2v) is 6.61. The standard InChI is InChI=1S/C18H22FN3O3/c1-20(2)18(24)25-13-5-4-8-22(10-13)17(23)15-11-21(3)16-7-6-12(19)9-14(15)16/h6-7,9,11,13H,4-5,8,10H2,1-3H3. The van der Waals surface area contributed by atoms with E-state index in [4.69, 9.17) is 4.74 Å². The second kappa shape index (κ2) is 6.74. The number of nitrogens with zero attached hydrogens (tertiary/aromatic N) is 3. The number of benzene rings is 1. The Morgan fingerprint density at radius 3 is 2.80 bits per heavy atom. The highest BCUT2D eigenvalue weighted by molar-refractivity contribution is 6.07. The number of piperidine rings is 1. The molecule has 3 rings (SSSR count). The van der Waals surface area contributed by atoms with Crippen molar-refractivity contribution >= 4 is 22.9 Å². The first-order valence-electron chi connectivity index (χ1n) is 8.28. The fourth-order valence-electron chi connectivity index (χ4n) is 3.17. The Hall–Kier alpha value is -2.57. The van der Waals surface area contributed by atoms with Gasteiger partial charge in [0, 0.05) is 44.8 Å². The highest BCUT2D eigenvalue weighted by atomic mass is 19.1. The summed E-state index contributed by atoms with van der Waals surface area (Å²) in [5.74, 6) is -0.536. The largest absolute Gasteiger partial charge is 0.444 e. The van der Waals surface area contributed by atoms with Crippen LogP contribution in [0.15, 0.2) is 24.4 Å². The smallest absolute Gasteiger partial charge is 0.409 e. The van der Waals surface area contributed by atoms with Crippen LogP contribution >= 0.6 is 0 Å². The van der Waals surface area contributed by atoms with Crippen LogP contribution in [0, 0.1) is 5.82 Å². The van der Waals surface area contributed by atoms with Crippen LogP contribution in [0.2, 0.25) is 0 Å². The van der Waals surface area contributed by atoms with Crippen molar-refractivity contribution in [2.75, 3.05) is 27.2 Å². The molecule has 1 aliphatic rings. The number of ether oxygens (including phenoxy) is 1. The number of rotatable bonds is 2. The van der Waals surface area contributed by atoms with Crippen LogP contribution in [0.1, 0.15) is 23.2 Å². The molecule has 0 spiro atoms. The van der Waals surface area contributed by atoms with E-state index in [0.29, 0.717) is 24.0 Å². The Kier molecular flexibility index (Phi) is 4.65. The van der Waals surface area contributed by atoms with E-state index < -0.39 is 6.09 Å². The minimum absolute atomic E-state index is 0.165. The fourth-order valence-corrected chi connectivity index (χ4v) is 3.17. The van der Waals surface area contributed by atoms with Crippen LogP contribution in [0.5, 0.6) is 0 Å². The zero-order valence-corrected chi connectivity index (χ0v) is 14.7. The quantitative estimate of drug-likeness (QED) is 0.839. The molecule has 2 aromatic rings. The second-order valence-electron chi connectivity index (χ2n) is 6.61. The molecule has 0 aliphatic carbocycles. The zero-order chi connectivity index (χ0) is 18.1. The highest BCUT2D eigenvalue weighted by Gasteiger charge is 2.28. The van der Waals surface area contributed by atoms with Gasteiger partial charge in [-0.25, -0.2) is 9.18 Å². The molecule has 0 N–H and O–H groups in total. The molecule has 1 unspecified atom stereocenters. The fraction of sp³-hybridized carbons (Fsp3) is 0.444. The van der Waals surface area contributed by atoms with Crippen LogP contribution < -0.4 is 0 Å². The Balaban J connectivity index is 1.81. The lowest BCUT2D eigenvalue weighted by atomic mass is 10.1. The summed E-state index contributed by atoms with van der Waals surface area (Å²) in [5, 5.41) is 0.597. The van der Waals surface area contributed by atoms with Gasteiger partial charge in [-0.15, -0.1) is 0 Å². The first kappa shape index (κ1) is 17.3. The van der Waals surface area contributed by atoms with Gasteiger partial charge >= 0.3 is 6.09 Å². The molecule has 1 fully saturated rings. The average molecular weight is 347 g/mol. The van der Waals surface area contributed by atoms with Gasteiger partial charge in [0.2, 0.25) is 0 Å². The summed E-state index contributed by atoms with van der Waals surface area (Å²) in [6.07, 6.45) is 2.48. The zero-order valence-electron chi connectivity index (χ0n) is 14.7. The van der Waals surface area contributed by atoms with E-state index in [1.807, 2.05) is 11.6 Å². The third-order valence-electron chi connectivity index (χ3n) is 4.48. The number of amides is 2. The lowest BCUT2D eigenvalue weighted by Gasteiger charge is -2.32. The monoisotopic (exact) mass is 347 g/mol. The molecule has 1 saturated heterocycles. The first-order chi connectivity index (χ1) is 11.9. The Labute approximate surface area is 145 Å². The third-order valence-corrected chi connectivity index (χ3v) is 4.48. The van der Waals surface area contributed by atoms with Gasteiger partial charge in [0.1, 0.15) is 11.9 Å². The normalized spacial score (nSPS) is 17.6. The lowest BCUT2D eigenvalue weighted by Crippen LogP contribution is -2.44. The van der Waals surface area contributed by atoms with Gasteiger partial charge in [0.25, 0.3) is 5.91 Å². The molecule has 0 radical (unpaired) electrons.